The minimum Gasteiger partial charge on any atom is -0.339 e. The van der Waals surface area contributed by atoms with Gasteiger partial charge in [0, 0.05) is 18.3 Å². The number of benzene rings is 1. The van der Waals surface area contributed by atoms with Crippen LogP contribution in [0.1, 0.15) is 17.0 Å². The van der Waals surface area contributed by atoms with Crippen LogP contribution in [0.2, 0.25) is 0 Å². The number of para-hydroxylation sites is 1. The van der Waals surface area contributed by atoms with Crippen molar-refractivity contribution in [2.45, 2.75) is 13.5 Å². The van der Waals surface area contributed by atoms with Gasteiger partial charge in [-0.3, -0.25) is 4.79 Å². The van der Waals surface area contributed by atoms with E-state index in [1.807, 2.05) is 31.2 Å². The van der Waals surface area contributed by atoms with Gasteiger partial charge in [0.15, 0.2) is 0 Å². The molecule has 0 bridgehead atoms. The van der Waals surface area contributed by atoms with E-state index in [0.717, 1.165) is 22.3 Å². The predicted octanol–water partition coefficient (Wildman–Crippen LogP) is 1.10. The molecule has 120 valence electrons. The maximum absolute atomic E-state index is 12.0. The third kappa shape index (κ3) is 2.87. The van der Waals surface area contributed by atoms with Crippen LogP contribution in [0.15, 0.2) is 35.4 Å². The lowest BCUT2D eigenvalue weighted by molar-refractivity contribution is -0.121. The van der Waals surface area contributed by atoms with Gasteiger partial charge in [-0.05, 0) is 25.1 Å². The van der Waals surface area contributed by atoms with Gasteiger partial charge in [0.05, 0.1) is 11.7 Å². The van der Waals surface area contributed by atoms with Gasteiger partial charge in [-0.2, -0.15) is 10.4 Å². The zero-order chi connectivity index (χ0) is 17.1. The van der Waals surface area contributed by atoms with Crippen molar-refractivity contribution in [3.8, 4) is 6.07 Å². The van der Waals surface area contributed by atoms with Crippen molar-refractivity contribution in [3.63, 3.8) is 0 Å². The van der Waals surface area contributed by atoms with Gasteiger partial charge in [0.1, 0.15) is 23.8 Å². The van der Waals surface area contributed by atoms with Crippen LogP contribution in [0, 0.1) is 18.3 Å². The minimum absolute atomic E-state index is 0.0229. The lowest BCUT2D eigenvalue weighted by atomic mass is 10.3. The second kappa shape index (κ2) is 6.34. The van der Waals surface area contributed by atoms with Gasteiger partial charge in [-0.15, -0.1) is 5.10 Å². The molecular weight excluding hydrogens is 306 g/mol. The molecule has 2 aromatic heterocycles. The molecule has 1 amide bonds. The number of fused-ring (bicyclic) bond motifs is 1. The number of hydrogen-bond acceptors (Lipinski definition) is 5. The summed E-state index contributed by atoms with van der Waals surface area (Å²) < 4.78 is 3.28. The van der Waals surface area contributed by atoms with Gasteiger partial charge in [0.2, 0.25) is 0 Å². The summed E-state index contributed by atoms with van der Waals surface area (Å²) in [4.78, 5) is 12.0. The number of carbonyl (C=O) groups is 1. The number of nitrogens with one attached hydrogen (secondary N) is 1. The Balaban J connectivity index is 1.67. The largest absolute Gasteiger partial charge is 0.339 e. The van der Waals surface area contributed by atoms with Crippen LogP contribution in [0.25, 0.3) is 11.0 Å². The number of rotatable bonds is 4. The van der Waals surface area contributed by atoms with Gasteiger partial charge in [0.25, 0.3) is 5.91 Å². The van der Waals surface area contributed by atoms with Crippen LogP contribution in [-0.2, 0) is 18.4 Å². The SMILES string of the molecule is Cc1c(/C=N\NC(=O)Cn2nnc3ccccc32)cc(C#N)n1C. The molecule has 0 fully saturated rings. The van der Waals surface area contributed by atoms with E-state index in [-0.39, 0.29) is 12.5 Å². The molecule has 3 rings (SSSR count). The number of hydrogen-bond donors (Lipinski definition) is 1. The quantitative estimate of drug-likeness (QED) is 0.574. The number of hydrazone groups is 1. The summed E-state index contributed by atoms with van der Waals surface area (Å²) in [6, 6.07) is 11.2. The normalized spacial score (nSPS) is 11.0. The maximum atomic E-state index is 12.0. The molecule has 1 N–H and O–H groups in total. The highest BCUT2D eigenvalue weighted by molar-refractivity contribution is 5.84. The van der Waals surface area contributed by atoms with Crippen molar-refractivity contribution in [1.82, 2.24) is 25.0 Å². The standard InChI is InChI=1S/C16H15N7O/c1-11-12(7-13(8-17)22(11)2)9-18-20-16(24)10-23-15-6-4-3-5-14(15)19-21-23/h3-7,9H,10H2,1-2H3,(H,20,24)/b18-9-. The Kier molecular flexibility index (Phi) is 4.07. The summed E-state index contributed by atoms with van der Waals surface area (Å²) in [6.07, 6.45) is 1.52. The zero-order valence-electron chi connectivity index (χ0n) is 13.3. The fourth-order valence-electron chi connectivity index (χ4n) is 2.34. The second-order valence-corrected chi connectivity index (χ2v) is 5.27. The molecule has 24 heavy (non-hydrogen) atoms. The molecule has 0 saturated heterocycles. The number of carbonyl (C=O) groups excluding carboxylic acids is 1. The minimum atomic E-state index is -0.309. The molecule has 8 heteroatoms. The molecule has 0 spiro atoms. The van der Waals surface area contributed by atoms with Gasteiger partial charge in [-0.1, -0.05) is 17.3 Å². The summed E-state index contributed by atoms with van der Waals surface area (Å²) >= 11 is 0. The second-order valence-electron chi connectivity index (χ2n) is 5.27. The summed E-state index contributed by atoms with van der Waals surface area (Å²) in [5.41, 5.74) is 6.19. The van der Waals surface area contributed by atoms with E-state index in [0.29, 0.717) is 5.69 Å². The Morgan fingerprint density at radius 3 is 3.00 bits per heavy atom. The van der Waals surface area contributed by atoms with Crippen LogP contribution >= 0.6 is 0 Å². The average molecular weight is 321 g/mol. The first-order valence-corrected chi connectivity index (χ1v) is 7.26. The number of amides is 1. The van der Waals surface area contributed by atoms with Crippen LogP contribution in [0.4, 0.5) is 0 Å². The number of nitrogens with zero attached hydrogens (tertiary/aromatic N) is 6. The summed E-state index contributed by atoms with van der Waals surface area (Å²) in [5.74, 6) is -0.309. The molecule has 0 atom stereocenters. The van der Waals surface area contributed by atoms with E-state index in [9.17, 15) is 4.79 Å². The van der Waals surface area contributed by atoms with E-state index in [4.69, 9.17) is 5.26 Å². The van der Waals surface area contributed by atoms with Crippen LogP contribution < -0.4 is 5.43 Å². The van der Waals surface area contributed by atoms with Crippen LogP contribution in [0.3, 0.4) is 0 Å². The van der Waals surface area contributed by atoms with Crippen molar-refractivity contribution < 1.29 is 4.79 Å². The predicted molar refractivity (Wildman–Crippen MR) is 88.1 cm³/mol. The smallest absolute Gasteiger partial charge is 0.261 e. The number of nitriles is 1. The zero-order valence-corrected chi connectivity index (χ0v) is 13.3. The fourth-order valence-corrected chi connectivity index (χ4v) is 2.34. The van der Waals surface area contributed by atoms with Crippen molar-refractivity contribution in [3.05, 3.63) is 47.3 Å². The van der Waals surface area contributed by atoms with Gasteiger partial charge in [-0.25, -0.2) is 10.1 Å². The highest BCUT2D eigenvalue weighted by Crippen LogP contribution is 2.11. The molecule has 0 saturated carbocycles. The Morgan fingerprint density at radius 2 is 2.25 bits per heavy atom. The Labute approximate surface area is 138 Å². The Hall–Kier alpha value is -3.47. The van der Waals surface area contributed by atoms with Crippen molar-refractivity contribution >= 4 is 23.2 Å². The molecule has 0 aliphatic carbocycles. The fraction of sp³-hybridized carbons (Fsp3) is 0.188. The highest BCUT2D eigenvalue weighted by Gasteiger charge is 2.09. The van der Waals surface area contributed by atoms with Crippen molar-refractivity contribution in [1.29, 1.82) is 5.26 Å². The van der Waals surface area contributed by atoms with E-state index in [1.165, 1.54) is 10.9 Å². The van der Waals surface area contributed by atoms with Gasteiger partial charge >= 0.3 is 0 Å². The first-order valence-electron chi connectivity index (χ1n) is 7.26. The molecule has 8 nitrogen and oxygen atoms in total. The third-order valence-electron chi connectivity index (χ3n) is 3.80. The van der Waals surface area contributed by atoms with Crippen molar-refractivity contribution in [2.24, 2.45) is 12.1 Å². The number of aromatic nitrogens is 4. The Morgan fingerprint density at radius 1 is 1.46 bits per heavy atom. The van der Waals surface area contributed by atoms with Crippen LogP contribution in [0.5, 0.6) is 0 Å². The molecule has 0 aliphatic heterocycles. The first-order chi connectivity index (χ1) is 11.6. The lowest BCUT2D eigenvalue weighted by Gasteiger charge is -2.01. The molecule has 0 aliphatic rings. The summed E-state index contributed by atoms with van der Waals surface area (Å²) in [5, 5.41) is 20.9. The summed E-state index contributed by atoms with van der Waals surface area (Å²) in [7, 11) is 1.81. The molecule has 3 aromatic rings. The first kappa shape index (κ1) is 15.4. The van der Waals surface area contributed by atoms with Crippen molar-refractivity contribution in [2.75, 3.05) is 0 Å². The van der Waals surface area contributed by atoms with E-state index in [1.54, 1.807) is 17.7 Å². The lowest BCUT2D eigenvalue weighted by Crippen LogP contribution is -2.23. The van der Waals surface area contributed by atoms with E-state index in [2.05, 4.69) is 26.9 Å². The maximum Gasteiger partial charge on any atom is 0.261 e. The molecular formula is C16H15N7O. The van der Waals surface area contributed by atoms with Crippen LogP contribution in [-0.4, -0.2) is 31.7 Å². The van der Waals surface area contributed by atoms with E-state index >= 15 is 0 Å². The third-order valence-corrected chi connectivity index (χ3v) is 3.80. The van der Waals surface area contributed by atoms with E-state index < -0.39 is 0 Å². The molecule has 2 heterocycles. The summed E-state index contributed by atoms with van der Waals surface area (Å²) in [6.45, 7) is 1.90. The molecule has 1 aromatic carbocycles. The Bertz CT molecular complexity index is 974. The monoisotopic (exact) mass is 321 g/mol. The highest BCUT2D eigenvalue weighted by atomic mass is 16.2. The van der Waals surface area contributed by atoms with Gasteiger partial charge < -0.3 is 4.57 Å². The average Bonchev–Trinajstić information content (AvgIpc) is 3.11. The molecule has 0 unspecified atom stereocenters. The molecule has 0 radical (unpaired) electrons. The topological polar surface area (TPSA) is 101 Å².